The Bertz CT molecular complexity index is 1040. The van der Waals surface area contributed by atoms with Crippen LogP contribution in [-0.2, 0) is 11.2 Å². The molecule has 1 atom stereocenters. The molecule has 6 nitrogen and oxygen atoms in total. The molecule has 0 spiro atoms. The average Bonchev–Trinajstić information content (AvgIpc) is 3.37. The molecule has 30 heavy (non-hydrogen) atoms. The van der Waals surface area contributed by atoms with Crippen molar-refractivity contribution in [2.75, 3.05) is 19.6 Å². The zero-order valence-electron chi connectivity index (χ0n) is 16.9. The molecule has 0 unspecified atom stereocenters. The van der Waals surface area contributed by atoms with Crippen LogP contribution in [0.3, 0.4) is 0 Å². The molecule has 7 heteroatoms. The number of benzene rings is 1. The number of para-hydroxylation sites is 1. The number of hydrogen-bond acceptors (Lipinski definition) is 4. The Morgan fingerprint density at radius 3 is 2.93 bits per heavy atom. The molecule has 1 saturated heterocycles. The number of carbonyl (C=O) groups excluding carboxylic acids is 2. The highest BCUT2D eigenvalue weighted by Crippen LogP contribution is 2.31. The predicted octanol–water partition coefficient (Wildman–Crippen LogP) is 3.71. The van der Waals surface area contributed by atoms with Crippen molar-refractivity contribution in [3.8, 4) is 0 Å². The van der Waals surface area contributed by atoms with Gasteiger partial charge < -0.3 is 15.2 Å². The minimum Gasteiger partial charge on any atom is -0.355 e. The lowest BCUT2D eigenvalue weighted by molar-refractivity contribution is -0.122. The summed E-state index contributed by atoms with van der Waals surface area (Å²) in [5.41, 5.74) is 2.68. The summed E-state index contributed by atoms with van der Waals surface area (Å²) in [4.78, 5) is 34.8. The molecule has 1 aromatic carbocycles. The summed E-state index contributed by atoms with van der Waals surface area (Å²) >= 11 is 1.68. The van der Waals surface area contributed by atoms with Gasteiger partial charge in [-0.3, -0.25) is 9.59 Å². The van der Waals surface area contributed by atoms with Gasteiger partial charge in [0.25, 0.3) is 5.91 Å². The Morgan fingerprint density at radius 2 is 2.10 bits per heavy atom. The van der Waals surface area contributed by atoms with Gasteiger partial charge in [-0.1, -0.05) is 18.2 Å². The topological polar surface area (TPSA) is 78.1 Å². The van der Waals surface area contributed by atoms with E-state index in [1.54, 1.807) is 11.3 Å². The summed E-state index contributed by atoms with van der Waals surface area (Å²) in [6.07, 6.45) is 4.87. The lowest BCUT2D eigenvalue weighted by Gasteiger charge is -2.31. The first-order valence-electron chi connectivity index (χ1n) is 10.8. The molecule has 0 bridgehead atoms. The molecule has 3 aromatic rings. The maximum atomic E-state index is 13.1. The van der Waals surface area contributed by atoms with Crippen LogP contribution in [0.2, 0.25) is 0 Å². The molecule has 2 aromatic heterocycles. The molecule has 1 saturated carbocycles. The largest absolute Gasteiger partial charge is 0.355 e. The lowest BCUT2D eigenvalue weighted by Crippen LogP contribution is -2.39. The molecule has 2 aliphatic rings. The fourth-order valence-electron chi connectivity index (χ4n) is 4.15. The van der Waals surface area contributed by atoms with Gasteiger partial charge in [0.15, 0.2) is 0 Å². The quantitative estimate of drug-likeness (QED) is 0.636. The van der Waals surface area contributed by atoms with Crippen LogP contribution in [0.25, 0.3) is 10.9 Å². The van der Waals surface area contributed by atoms with Crippen molar-refractivity contribution in [1.29, 1.82) is 0 Å². The van der Waals surface area contributed by atoms with E-state index in [4.69, 9.17) is 4.98 Å². The smallest absolute Gasteiger partial charge is 0.270 e. The third kappa shape index (κ3) is 4.12. The minimum atomic E-state index is 0.0652. The molecule has 1 aliphatic heterocycles. The highest BCUT2D eigenvalue weighted by atomic mass is 32.1. The van der Waals surface area contributed by atoms with Gasteiger partial charge in [0, 0.05) is 54.2 Å². The molecular weight excluding hydrogens is 396 g/mol. The Labute approximate surface area is 179 Å². The van der Waals surface area contributed by atoms with Crippen LogP contribution in [-0.4, -0.2) is 46.3 Å². The van der Waals surface area contributed by atoms with E-state index < -0.39 is 0 Å². The first-order valence-corrected chi connectivity index (χ1v) is 11.6. The molecule has 0 radical (unpaired) electrons. The first-order chi connectivity index (χ1) is 14.7. The number of amides is 2. The summed E-state index contributed by atoms with van der Waals surface area (Å²) in [7, 11) is 0. The standard InChI is InChI=1S/C23H26N4O2S/c28-21(15-7-8-15)24-10-9-18-14-30-22(25-18)17-5-3-11-27(13-17)23(29)20-12-16-4-1-2-6-19(16)26-20/h1-2,4,6,12,14-15,17,26H,3,5,7-11,13H2,(H,24,28)/t17-/m1/s1. The Balaban J connectivity index is 1.20. The monoisotopic (exact) mass is 422 g/mol. The number of aromatic nitrogens is 2. The second kappa shape index (κ2) is 8.22. The van der Waals surface area contributed by atoms with E-state index in [-0.39, 0.29) is 23.7 Å². The number of nitrogens with one attached hydrogen (secondary N) is 2. The maximum absolute atomic E-state index is 13.1. The summed E-state index contributed by atoms with van der Waals surface area (Å²) in [5, 5.41) is 7.26. The van der Waals surface area contributed by atoms with Gasteiger partial charge in [-0.15, -0.1) is 11.3 Å². The van der Waals surface area contributed by atoms with Gasteiger partial charge in [-0.2, -0.15) is 0 Å². The summed E-state index contributed by atoms with van der Waals surface area (Å²) < 4.78 is 0. The molecule has 3 heterocycles. The maximum Gasteiger partial charge on any atom is 0.270 e. The van der Waals surface area contributed by atoms with Gasteiger partial charge in [0.2, 0.25) is 5.91 Å². The zero-order valence-corrected chi connectivity index (χ0v) is 17.7. The van der Waals surface area contributed by atoms with E-state index in [0.717, 1.165) is 60.3 Å². The van der Waals surface area contributed by atoms with E-state index in [1.165, 1.54) is 0 Å². The lowest BCUT2D eigenvalue weighted by atomic mass is 9.98. The SMILES string of the molecule is O=C(NCCc1csc([C@@H]2CCCN(C(=O)c3cc4ccccc4[nH]3)C2)n1)C1CC1. The summed E-state index contributed by atoms with van der Waals surface area (Å²) in [6.45, 7) is 2.14. The van der Waals surface area contributed by atoms with Crippen LogP contribution in [0.4, 0.5) is 0 Å². The van der Waals surface area contributed by atoms with Gasteiger partial charge in [-0.25, -0.2) is 4.98 Å². The Morgan fingerprint density at radius 1 is 1.23 bits per heavy atom. The van der Waals surface area contributed by atoms with Crippen LogP contribution < -0.4 is 5.32 Å². The fourth-order valence-corrected chi connectivity index (χ4v) is 5.13. The minimum absolute atomic E-state index is 0.0652. The summed E-state index contributed by atoms with van der Waals surface area (Å²) in [6, 6.07) is 9.92. The average molecular weight is 423 g/mol. The number of hydrogen-bond donors (Lipinski definition) is 2. The molecular formula is C23H26N4O2S. The third-order valence-corrected chi connectivity index (χ3v) is 7.07. The van der Waals surface area contributed by atoms with Crippen LogP contribution in [0, 0.1) is 5.92 Å². The zero-order chi connectivity index (χ0) is 20.5. The van der Waals surface area contributed by atoms with Gasteiger partial charge in [-0.05, 0) is 37.8 Å². The van der Waals surface area contributed by atoms with E-state index >= 15 is 0 Å². The van der Waals surface area contributed by atoms with Gasteiger partial charge >= 0.3 is 0 Å². The number of H-pyrrole nitrogens is 1. The number of likely N-dealkylation sites (tertiary alicyclic amines) is 1. The van der Waals surface area contributed by atoms with Gasteiger partial charge in [0.1, 0.15) is 5.69 Å². The van der Waals surface area contributed by atoms with Crippen LogP contribution in [0.15, 0.2) is 35.7 Å². The number of aromatic amines is 1. The second-order valence-corrected chi connectivity index (χ2v) is 9.24. The number of fused-ring (bicyclic) bond motifs is 1. The van der Waals surface area contributed by atoms with E-state index in [9.17, 15) is 9.59 Å². The Kier molecular flexibility index (Phi) is 5.29. The summed E-state index contributed by atoms with van der Waals surface area (Å²) in [5.74, 6) is 0.783. The number of carbonyl (C=O) groups is 2. The number of piperidine rings is 1. The molecule has 2 N–H and O–H groups in total. The predicted molar refractivity (Wildman–Crippen MR) is 118 cm³/mol. The van der Waals surface area contributed by atoms with Crippen LogP contribution in [0.5, 0.6) is 0 Å². The van der Waals surface area contributed by atoms with Crippen molar-refractivity contribution >= 4 is 34.1 Å². The highest BCUT2D eigenvalue weighted by molar-refractivity contribution is 7.09. The molecule has 1 aliphatic carbocycles. The first kappa shape index (κ1) is 19.3. The number of nitrogens with zero attached hydrogens (tertiary/aromatic N) is 2. The van der Waals surface area contributed by atoms with Crippen LogP contribution >= 0.6 is 11.3 Å². The van der Waals surface area contributed by atoms with Gasteiger partial charge in [0.05, 0.1) is 10.7 Å². The van der Waals surface area contributed by atoms with Crippen molar-refractivity contribution in [1.82, 2.24) is 20.2 Å². The van der Waals surface area contributed by atoms with E-state index in [1.807, 2.05) is 35.2 Å². The van der Waals surface area contributed by atoms with Crippen LogP contribution in [0.1, 0.15) is 52.8 Å². The highest BCUT2D eigenvalue weighted by Gasteiger charge is 2.30. The van der Waals surface area contributed by atoms with Crippen molar-refractivity contribution < 1.29 is 9.59 Å². The van der Waals surface area contributed by atoms with Crippen molar-refractivity contribution in [2.45, 2.75) is 38.0 Å². The van der Waals surface area contributed by atoms with Crippen molar-refractivity contribution in [2.24, 2.45) is 5.92 Å². The molecule has 2 amide bonds. The number of rotatable bonds is 6. The second-order valence-electron chi connectivity index (χ2n) is 8.35. The third-order valence-electron chi connectivity index (χ3n) is 6.02. The Hall–Kier alpha value is -2.67. The number of thiazole rings is 1. The van der Waals surface area contributed by atoms with Crippen molar-refractivity contribution in [3.63, 3.8) is 0 Å². The van der Waals surface area contributed by atoms with Crippen molar-refractivity contribution in [3.05, 3.63) is 52.1 Å². The fraction of sp³-hybridized carbons (Fsp3) is 0.435. The van der Waals surface area contributed by atoms with E-state index in [2.05, 4.69) is 15.7 Å². The molecule has 5 rings (SSSR count). The molecule has 2 fully saturated rings. The van der Waals surface area contributed by atoms with E-state index in [0.29, 0.717) is 18.8 Å². The molecule has 156 valence electrons. The normalized spacial score (nSPS) is 19.2.